The number of nitrogens with one attached hydrogen (secondary N) is 6. The summed E-state index contributed by atoms with van der Waals surface area (Å²) in [5.41, 5.74) is 6.15. The predicted octanol–water partition coefficient (Wildman–Crippen LogP) is 12.9. The Balaban J connectivity index is 0.000000165. The van der Waals surface area contributed by atoms with E-state index in [1.54, 1.807) is 76.5 Å². The lowest BCUT2D eigenvalue weighted by Gasteiger charge is -2.20. The molecule has 0 bridgehead atoms. The van der Waals surface area contributed by atoms with E-state index in [2.05, 4.69) is 55.0 Å². The van der Waals surface area contributed by atoms with Crippen LogP contribution < -0.4 is 30.1 Å². The summed E-state index contributed by atoms with van der Waals surface area (Å²) in [5, 5.41) is 38.5. The number of nitrogens with zero attached hydrogens (tertiary/aromatic N) is 5. The van der Waals surface area contributed by atoms with Crippen LogP contribution in [0, 0.1) is 59.3 Å². The first-order chi connectivity index (χ1) is 48.6. The van der Waals surface area contributed by atoms with Crippen molar-refractivity contribution in [3.63, 3.8) is 0 Å². The lowest BCUT2D eigenvalue weighted by Crippen LogP contribution is -2.22. The van der Waals surface area contributed by atoms with Gasteiger partial charge in [-0.05, 0) is 188 Å². The van der Waals surface area contributed by atoms with Gasteiger partial charge in [0.2, 0.25) is 17.7 Å². The molecule has 3 aliphatic heterocycles. The number of rotatable bonds is 21. The predicted molar refractivity (Wildman–Crippen MR) is 394 cm³/mol. The molecule has 0 unspecified atom stereocenters. The lowest BCUT2D eigenvalue weighted by molar-refractivity contribution is -0.118. The topological polar surface area (TPSA) is 379 Å². The van der Waals surface area contributed by atoms with E-state index in [4.69, 9.17) is 14.2 Å². The highest BCUT2D eigenvalue weighted by atomic mass is 32.2. The van der Waals surface area contributed by atoms with E-state index in [9.17, 15) is 55.0 Å². The summed E-state index contributed by atoms with van der Waals surface area (Å²) in [6.07, 6.45) is 9.74. The van der Waals surface area contributed by atoms with Gasteiger partial charge in [0.05, 0.1) is 53.7 Å². The Morgan fingerprint density at radius 1 is 0.412 bits per heavy atom. The lowest BCUT2D eigenvalue weighted by atomic mass is 9.96. The van der Waals surface area contributed by atoms with Crippen molar-refractivity contribution in [2.75, 3.05) is 69.8 Å². The quantitative estimate of drug-likeness (QED) is 0.0302. The van der Waals surface area contributed by atoms with Gasteiger partial charge in [0, 0.05) is 99.9 Å². The van der Waals surface area contributed by atoms with Gasteiger partial charge < -0.3 is 45.5 Å². The molecule has 9 aromatic rings. The molecule has 12 rings (SSSR count). The summed E-state index contributed by atoms with van der Waals surface area (Å²) in [4.78, 5) is 61.8. The molecule has 0 radical (unpaired) electrons. The number of benzene rings is 4. The van der Waals surface area contributed by atoms with Gasteiger partial charge >= 0.3 is 0 Å². The first-order valence-corrected chi connectivity index (χ1v) is 39.6. The molecule has 0 atom stereocenters. The first-order valence-electron chi connectivity index (χ1n) is 32.7. The zero-order valence-electron chi connectivity index (χ0n) is 56.7. The molecule has 26 nitrogen and oxygen atoms in total. The van der Waals surface area contributed by atoms with Crippen LogP contribution in [0.3, 0.4) is 0 Å². The molecule has 0 spiro atoms. The monoisotopic (exact) mass is 1510 g/mol. The third-order valence-electron chi connectivity index (χ3n) is 16.8. The van der Waals surface area contributed by atoms with E-state index in [1.807, 2.05) is 19.9 Å². The Kier molecular flexibility index (Phi) is 25.1. The molecule has 540 valence electrons. The number of aryl methyl sites for hydroxylation is 6. The molecule has 3 fully saturated rings. The van der Waals surface area contributed by atoms with Gasteiger partial charge in [-0.25, -0.2) is 40.2 Å². The van der Waals surface area contributed by atoms with Crippen LogP contribution in [0.1, 0.15) is 91.8 Å². The molecule has 4 aromatic carbocycles. The van der Waals surface area contributed by atoms with Crippen LogP contribution >= 0.6 is 34.0 Å². The molecule has 0 aliphatic carbocycles. The zero-order chi connectivity index (χ0) is 72.9. The summed E-state index contributed by atoms with van der Waals surface area (Å²) < 4.78 is 102. The van der Waals surface area contributed by atoms with Gasteiger partial charge in [-0.2, -0.15) is 0 Å². The molecule has 3 aliphatic rings. The fourth-order valence-electron chi connectivity index (χ4n) is 11.4. The number of carbonyl (C=O) groups excluding carboxylic acids is 3. The van der Waals surface area contributed by atoms with Crippen LogP contribution in [0.5, 0.6) is 17.2 Å². The van der Waals surface area contributed by atoms with Crippen LogP contribution in [0.4, 0.5) is 32.5 Å². The highest BCUT2D eigenvalue weighted by molar-refractivity contribution is 7.93. The van der Waals surface area contributed by atoms with Crippen molar-refractivity contribution in [3.8, 4) is 48.6 Å². The summed E-state index contributed by atoms with van der Waals surface area (Å²) >= 11 is 3.88. The van der Waals surface area contributed by atoms with E-state index in [1.165, 1.54) is 94.7 Å². The molecular formula is C70H79N11O15S6. The normalized spacial score (nSPS) is 14.6. The van der Waals surface area contributed by atoms with Gasteiger partial charge in [-0.15, -0.1) is 0 Å². The number of hydrogen-bond donors (Lipinski definition) is 9. The van der Waals surface area contributed by atoms with Crippen LogP contribution in [0.15, 0.2) is 130 Å². The summed E-state index contributed by atoms with van der Waals surface area (Å²) in [5.74, 6) is 0.736. The van der Waals surface area contributed by atoms with E-state index >= 15 is 0 Å². The minimum atomic E-state index is -3.95. The molecular weight excluding hydrogens is 1430 g/mol. The number of sulfonamides is 3. The largest absolute Gasteiger partial charge is 0.508 e. The molecule has 3 saturated heterocycles. The number of phenols is 3. The van der Waals surface area contributed by atoms with Crippen LogP contribution in [-0.2, 0) is 58.7 Å². The van der Waals surface area contributed by atoms with Gasteiger partial charge in [0.25, 0.3) is 30.1 Å². The number of aromatic nitrogens is 5. The van der Waals surface area contributed by atoms with Gasteiger partial charge in [-0.1, -0.05) is 52.2 Å². The average molecular weight is 1510 g/mol. The molecule has 32 heteroatoms. The zero-order valence-corrected chi connectivity index (χ0v) is 61.6. The number of amides is 3. The molecule has 8 heterocycles. The maximum Gasteiger partial charge on any atom is 0.263 e. The van der Waals surface area contributed by atoms with Crippen molar-refractivity contribution in [2.45, 2.75) is 114 Å². The molecule has 102 heavy (non-hydrogen) atoms. The maximum atomic E-state index is 13.1. The Morgan fingerprint density at radius 3 is 1.13 bits per heavy atom. The third kappa shape index (κ3) is 20.6. The Bertz CT molecular complexity index is 4620. The van der Waals surface area contributed by atoms with Crippen molar-refractivity contribution in [1.29, 1.82) is 0 Å². The van der Waals surface area contributed by atoms with E-state index < -0.39 is 30.1 Å². The van der Waals surface area contributed by atoms with Crippen LogP contribution in [-0.4, -0.2) is 123 Å². The Hall–Kier alpha value is -8.99. The Labute approximate surface area is 604 Å². The summed E-state index contributed by atoms with van der Waals surface area (Å²) in [7, 11) is -11.7. The van der Waals surface area contributed by atoms with Crippen molar-refractivity contribution in [1.82, 2.24) is 24.9 Å². The van der Waals surface area contributed by atoms with Gasteiger partial charge in [0.1, 0.15) is 27.0 Å². The maximum absolute atomic E-state index is 13.1. The van der Waals surface area contributed by atoms with Crippen LogP contribution in [0.2, 0.25) is 0 Å². The third-order valence-corrected chi connectivity index (χ3v) is 24.7. The van der Waals surface area contributed by atoms with E-state index in [-0.39, 0.29) is 55.3 Å². The molecule has 0 saturated carbocycles. The number of anilines is 6. The number of carbonyl (C=O) groups is 3. The minimum Gasteiger partial charge on any atom is -0.508 e. The highest BCUT2D eigenvalue weighted by Gasteiger charge is 2.27. The smallest absolute Gasteiger partial charge is 0.263 e. The van der Waals surface area contributed by atoms with Crippen LogP contribution in [0.25, 0.3) is 31.3 Å². The molecule has 3 amide bonds. The van der Waals surface area contributed by atoms with Crippen molar-refractivity contribution >= 4 is 114 Å². The summed E-state index contributed by atoms with van der Waals surface area (Å²) in [6, 6.07) is 25.8. The first kappa shape index (κ1) is 75.7. The van der Waals surface area contributed by atoms with Crippen molar-refractivity contribution in [3.05, 3.63) is 150 Å². The number of aromatic hydroxyl groups is 3. The Morgan fingerprint density at radius 2 is 0.755 bits per heavy atom. The second-order valence-electron chi connectivity index (χ2n) is 24.8. The van der Waals surface area contributed by atoms with E-state index in [0.717, 1.165) is 53.2 Å². The fourth-order valence-corrected chi connectivity index (χ4v) is 18.2. The number of hydrogen-bond acceptors (Lipinski definition) is 23. The summed E-state index contributed by atoms with van der Waals surface area (Å²) in [6.45, 7) is 14.5. The van der Waals surface area contributed by atoms with Gasteiger partial charge in [0.15, 0.2) is 15.4 Å². The number of thiazole rings is 3. The highest BCUT2D eigenvalue weighted by Crippen LogP contribution is 2.39. The minimum absolute atomic E-state index is 0.0197. The second kappa shape index (κ2) is 33.9. The fraction of sp³-hybridized carbons (Fsp3) is 0.343. The SMILES string of the molecule is Cc1ccc(-c2sc(NC(=O)CC3CCOCC3)nc2C)cc1S(=O)(=O)Nc1ccc(O)cc1.Cc1ncc(-c2sc(NC(=O)CC3CCOCC3)nc2C)cc1S(=O)(=O)Nc1ccc(O)cc1.Cc1ncc(-c2sc(NC(=O)CC3CCOCC3)nc2C)cc1S(=O)(=O)Nc1cccc(O)c1. The average Bonchev–Trinajstić information content (AvgIpc) is 1.29. The number of ether oxygens (including phenoxy) is 3. The molecule has 5 aromatic heterocycles. The molecule has 9 N–H and O–H groups in total. The number of pyridine rings is 2. The van der Waals surface area contributed by atoms with E-state index in [0.29, 0.717) is 154 Å². The van der Waals surface area contributed by atoms with Crippen molar-refractivity contribution < 1.29 is 69.2 Å². The standard InChI is InChI=1S/C24H27N3O5S2.2C23H26N4O5S2/c1-15-3-4-18(14-21(15)34(30,31)27-19-5-7-20(28)8-6-19)23-16(2)25-24(33-23)26-22(29)13-17-9-11-32-12-10-17;1-14-20(34(30,31)27-18-3-5-19(28)6-4-18)12-17(13-24-14)22-15(2)25-23(33-22)26-21(29)11-16-7-9-32-10-8-16;1-14-20(34(30,31)27-18-4-3-5-19(28)12-18)11-17(13-24-14)22-15(2)25-23(33-22)26-21(29)10-16-6-8-32-9-7-16/h3-8,14,17,27-28H,9-13H2,1-2H3,(H,25,26,29);3-6,12-13,16,27-28H,7-11H2,1-2H3,(H,25,26,29);3-5,11-13,16,27-28H,6-10H2,1-2H3,(H,25,26,29). The second-order valence-corrected chi connectivity index (χ2v) is 32.7. The van der Waals surface area contributed by atoms with Gasteiger partial charge in [-0.3, -0.25) is 38.5 Å². The van der Waals surface area contributed by atoms with Crippen molar-refractivity contribution in [2.24, 2.45) is 17.8 Å². The number of phenolic OH excluding ortho intramolecular Hbond substituents is 3.